The van der Waals surface area contributed by atoms with Gasteiger partial charge in [0.2, 0.25) is 0 Å². The molecule has 1 saturated carbocycles. The van der Waals surface area contributed by atoms with Gasteiger partial charge in [-0.3, -0.25) is 0 Å². The second-order valence-corrected chi connectivity index (χ2v) is 5.96. The molecule has 112 valence electrons. The first kappa shape index (κ1) is 16.2. The standard InChI is InChI=1S/C14H28N2O3/c1-6-8-15-12-10(9-11(12)18-7-2)16-13(17)19-14(3,4)5/h10-12,15H,6-9H2,1-5H3,(H,16,17). The average Bonchev–Trinajstić information content (AvgIpc) is 2.25. The molecule has 0 bridgehead atoms. The second kappa shape index (κ2) is 7.10. The Hall–Kier alpha value is -0.810. The second-order valence-electron chi connectivity index (χ2n) is 5.96. The lowest BCUT2D eigenvalue weighted by Gasteiger charge is -2.45. The molecule has 0 saturated heterocycles. The van der Waals surface area contributed by atoms with Crippen LogP contribution in [0, 0.1) is 0 Å². The fourth-order valence-electron chi connectivity index (χ4n) is 2.18. The van der Waals surface area contributed by atoms with Crippen LogP contribution in [0.5, 0.6) is 0 Å². The lowest BCUT2D eigenvalue weighted by molar-refractivity contribution is -0.0430. The van der Waals surface area contributed by atoms with Crippen LogP contribution in [-0.2, 0) is 9.47 Å². The minimum absolute atomic E-state index is 0.0953. The van der Waals surface area contributed by atoms with Crippen molar-refractivity contribution in [2.75, 3.05) is 13.2 Å². The van der Waals surface area contributed by atoms with Crippen LogP contribution < -0.4 is 10.6 Å². The Bertz CT molecular complexity index is 289. The minimum atomic E-state index is -0.459. The van der Waals surface area contributed by atoms with E-state index in [9.17, 15) is 4.79 Å². The first-order valence-electron chi connectivity index (χ1n) is 7.22. The Morgan fingerprint density at radius 3 is 2.53 bits per heavy atom. The number of carbonyl (C=O) groups is 1. The first-order chi connectivity index (χ1) is 8.87. The Balaban J connectivity index is 2.42. The monoisotopic (exact) mass is 272 g/mol. The third-order valence-corrected chi connectivity index (χ3v) is 3.03. The van der Waals surface area contributed by atoms with Crippen molar-refractivity contribution in [1.29, 1.82) is 0 Å². The fraction of sp³-hybridized carbons (Fsp3) is 0.929. The van der Waals surface area contributed by atoms with Crippen molar-refractivity contribution in [3.63, 3.8) is 0 Å². The summed E-state index contributed by atoms with van der Waals surface area (Å²) in [7, 11) is 0. The Morgan fingerprint density at radius 2 is 2.00 bits per heavy atom. The molecule has 3 atom stereocenters. The summed E-state index contributed by atoms with van der Waals surface area (Å²) in [6.45, 7) is 11.3. The van der Waals surface area contributed by atoms with Gasteiger partial charge in [0.05, 0.1) is 18.2 Å². The molecule has 1 rings (SSSR count). The zero-order chi connectivity index (χ0) is 14.5. The van der Waals surface area contributed by atoms with Gasteiger partial charge in [0.25, 0.3) is 0 Å². The molecular weight excluding hydrogens is 244 g/mol. The molecule has 5 heteroatoms. The Morgan fingerprint density at radius 1 is 1.32 bits per heavy atom. The highest BCUT2D eigenvalue weighted by molar-refractivity contribution is 5.68. The molecule has 1 aliphatic rings. The number of rotatable bonds is 6. The van der Waals surface area contributed by atoms with E-state index in [2.05, 4.69) is 17.6 Å². The predicted molar refractivity (Wildman–Crippen MR) is 75.3 cm³/mol. The van der Waals surface area contributed by atoms with Crippen molar-refractivity contribution < 1.29 is 14.3 Å². The molecule has 5 nitrogen and oxygen atoms in total. The highest BCUT2D eigenvalue weighted by atomic mass is 16.6. The van der Waals surface area contributed by atoms with E-state index in [0.717, 1.165) is 19.4 Å². The van der Waals surface area contributed by atoms with Gasteiger partial charge in [0.15, 0.2) is 0 Å². The van der Waals surface area contributed by atoms with E-state index in [4.69, 9.17) is 9.47 Å². The van der Waals surface area contributed by atoms with Gasteiger partial charge in [0, 0.05) is 6.61 Å². The summed E-state index contributed by atoms with van der Waals surface area (Å²) in [5.74, 6) is 0. The minimum Gasteiger partial charge on any atom is -0.444 e. The van der Waals surface area contributed by atoms with Crippen LogP contribution in [0.2, 0.25) is 0 Å². The van der Waals surface area contributed by atoms with Crippen LogP contribution in [0.1, 0.15) is 47.5 Å². The van der Waals surface area contributed by atoms with E-state index < -0.39 is 5.60 Å². The summed E-state index contributed by atoms with van der Waals surface area (Å²) >= 11 is 0. The van der Waals surface area contributed by atoms with E-state index in [1.807, 2.05) is 27.7 Å². The maximum absolute atomic E-state index is 11.7. The lowest BCUT2D eigenvalue weighted by Crippen LogP contribution is -2.66. The van der Waals surface area contributed by atoms with E-state index in [-0.39, 0.29) is 24.3 Å². The summed E-state index contributed by atoms with van der Waals surface area (Å²) < 4.78 is 10.9. The number of nitrogens with one attached hydrogen (secondary N) is 2. The number of hydrogen-bond donors (Lipinski definition) is 2. The van der Waals surface area contributed by atoms with E-state index in [1.165, 1.54) is 0 Å². The molecule has 0 aromatic rings. The smallest absolute Gasteiger partial charge is 0.407 e. The molecule has 1 aliphatic carbocycles. The van der Waals surface area contributed by atoms with Crippen molar-refractivity contribution >= 4 is 6.09 Å². The van der Waals surface area contributed by atoms with Crippen LogP contribution in [0.3, 0.4) is 0 Å². The summed E-state index contributed by atoms with van der Waals surface area (Å²) in [6.07, 6.45) is 1.75. The molecule has 0 radical (unpaired) electrons. The molecule has 0 aliphatic heterocycles. The summed E-state index contributed by atoms with van der Waals surface area (Å²) in [4.78, 5) is 11.7. The number of ether oxygens (including phenoxy) is 2. The van der Waals surface area contributed by atoms with Gasteiger partial charge in [-0.05, 0) is 47.1 Å². The van der Waals surface area contributed by atoms with E-state index >= 15 is 0 Å². The van der Waals surface area contributed by atoms with Crippen molar-refractivity contribution in [1.82, 2.24) is 10.6 Å². The third-order valence-electron chi connectivity index (χ3n) is 3.03. The first-order valence-corrected chi connectivity index (χ1v) is 7.22. The highest BCUT2D eigenvalue weighted by Crippen LogP contribution is 2.25. The molecule has 1 amide bonds. The van der Waals surface area contributed by atoms with Crippen molar-refractivity contribution in [2.45, 2.75) is 71.2 Å². The molecule has 0 aromatic carbocycles. The van der Waals surface area contributed by atoms with Gasteiger partial charge >= 0.3 is 6.09 Å². The number of alkyl carbamates (subject to hydrolysis) is 1. The van der Waals surface area contributed by atoms with Crippen molar-refractivity contribution in [2.24, 2.45) is 0 Å². The van der Waals surface area contributed by atoms with Crippen LogP contribution in [0.25, 0.3) is 0 Å². The maximum atomic E-state index is 11.7. The van der Waals surface area contributed by atoms with Gasteiger partial charge in [-0.25, -0.2) is 4.79 Å². The normalized spacial score (nSPS) is 26.7. The van der Waals surface area contributed by atoms with E-state index in [0.29, 0.717) is 6.61 Å². The van der Waals surface area contributed by atoms with Crippen molar-refractivity contribution in [3.8, 4) is 0 Å². The topological polar surface area (TPSA) is 59.6 Å². The van der Waals surface area contributed by atoms with Crippen LogP contribution in [-0.4, -0.2) is 43.0 Å². The Labute approximate surface area is 116 Å². The lowest BCUT2D eigenvalue weighted by atomic mass is 9.82. The highest BCUT2D eigenvalue weighted by Gasteiger charge is 2.42. The molecule has 0 spiro atoms. The van der Waals surface area contributed by atoms with Crippen molar-refractivity contribution in [3.05, 3.63) is 0 Å². The van der Waals surface area contributed by atoms with Gasteiger partial charge in [0.1, 0.15) is 5.60 Å². The zero-order valence-corrected chi connectivity index (χ0v) is 12.8. The summed E-state index contributed by atoms with van der Waals surface area (Å²) in [5.41, 5.74) is -0.459. The molecule has 3 unspecified atom stereocenters. The van der Waals surface area contributed by atoms with Crippen LogP contribution in [0.4, 0.5) is 4.79 Å². The Kier molecular flexibility index (Phi) is 6.07. The molecular formula is C14H28N2O3. The third kappa shape index (κ3) is 5.37. The largest absolute Gasteiger partial charge is 0.444 e. The molecule has 0 heterocycles. The average molecular weight is 272 g/mol. The fourth-order valence-corrected chi connectivity index (χ4v) is 2.18. The van der Waals surface area contributed by atoms with Gasteiger partial charge in [-0.2, -0.15) is 0 Å². The van der Waals surface area contributed by atoms with Crippen LogP contribution >= 0.6 is 0 Å². The number of amides is 1. The number of hydrogen-bond acceptors (Lipinski definition) is 4. The predicted octanol–water partition coefficient (Wildman–Crippen LogP) is 2.06. The van der Waals surface area contributed by atoms with Gasteiger partial charge in [-0.15, -0.1) is 0 Å². The quantitative estimate of drug-likeness (QED) is 0.777. The summed E-state index contributed by atoms with van der Waals surface area (Å²) in [5, 5.41) is 6.34. The van der Waals surface area contributed by atoms with Gasteiger partial charge in [-0.1, -0.05) is 6.92 Å². The summed E-state index contributed by atoms with van der Waals surface area (Å²) in [6, 6.07) is 0.283. The number of carbonyl (C=O) groups excluding carboxylic acids is 1. The molecule has 0 aromatic heterocycles. The maximum Gasteiger partial charge on any atom is 0.407 e. The molecule has 19 heavy (non-hydrogen) atoms. The molecule has 1 fully saturated rings. The SMILES string of the molecule is CCCNC1C(NC(=O)OC(C)(C)C)CC1OCC. The van der Waals surface area contributed by atoms with E-state index in [1.54, 1.807) is 0 Å². The van der Waals surface area contributed by atoms with Crippen LogP contribution in [0.15, 0.2) is 0 Å². The van der Waals surface area contributed by atoms with Gasteiger partial charge < -0.3 is 20.1 Å². The molecule has 2 N–H and O–H groups in total. The zero-order valence-electron chi connectivity index (χ0n) is 12.8.